The summed E-state index contributed by atoms with van der Waals surface area (Å²) in [6, 6.07) is 11.4. The number of amides is 1. The van der Waals surface area contributed by atoms with E-state index < -0.39 is 23.1 Å². The standard InChI is InChI=1S/C26H27F4N3O2/c1-2-35-17-25-8-9-32(24(34)11-18-4-3-5-21(27)10-18)14-20(25)15-33(16-25)22-7-6-19(13-31)23(12-22)26(28,29)30/h3-7,10,12,20H,2,8-9,11,14-17H2,1H3/t20-,25+/m1/s1. The Morgan fingerprint density at radius 2 is 2.03 bits per heavy atom. The molecule has 9 heteroatoms. The van der Waals surface area contributed by atoms with E-state index in [1.54, 1.807) is 29.2 Å². The molecule has 0 N–H and O–H groups in total. The predicted octanol–water partition coefficient (Wildman–Crippen LogP) is 4.65. The first kappa shape index (κ1) is 25.0. The minimum Gasteiger partial charge on any atom is -0.381 e. The quantitative estimate of drug-likeness (QED) is 0.555. The van der Waals surface area contributed by atoms with Crippen molar-refractivity contribution in [3.63, 3.8) is 0 Å². The molecule has 2 heterocycles. The molecule has 0 unspecified atom stereocenters. The van der Waals surface area contributed by atoms with Gasteiger partial charge in [-0.05, 0) is 49.2 Å². The monoisotopic (exact) mass is 489 g/mol. The maximum Gasteiger partial charge on any atom is 0.417 e. The second-order valence-corrected chi connectivity index (χ2v) is 9.31. The van der Waals surface area contributed by atoms with Crippen molar-refractivity contribution >= 4 is 11.6 Å². The Morgan fingerprint density at radius 3 is 2.71 bits per heavy atom. The third kappa shape index (κ3) is 5.27. The molecule has 0 radical (unpaired) electrons. The third-order valence-electron chi connectivity index (χ3n) is 7.12. The molecule has 2 aromatic rings. The minimum absolute atomic E-state index is 0.00393. The first-order valence-electron chi connectivity index (χ1n) is 11.6. The molecule has 0 aliphatic carbocycles. The van der Waals surface area contributed by atoms with Crippen molar-refractivity contribution in [1.29, 1.82) is 5.26 Å². The van der Waals surface area contributed by atoms with E-state index in [2.05, 4.69) is 0 Å². The van der Waals surface area contributed by atoms with E-state index in [4.69, 9.17) is 10.00 Å². The largest absolute Gasteiger partial charge is 0.417 e. The van der Waals surface area contributed by atoms with Crippen LogP contribution in [0.1, 0.15) is 30.0 Å². The van der Waals surface area contributed by atoms with Crippen molar-refractivity contribution in [2.45, 2.75) is 25.9 Å². The number of anilines is 1. The number of nitriles is 1. The number of carbonyl (C=O) groups excluding carboxylic acids is 1. The lowest BCUT2D eigenvalue weighted by atomic mass is 9.73. The summed E-state index contributed by atoms with van der Waals surface area (Å²) >= 11 is 0. The van der Waals surface area contributed by atoms with Crippen LogP contribution in [0.2, 0.25) is 0 Å². The van der Waals surface area contributed by atoms with E-state index in [-0.39, 0.29) is 23.7 Å². The lowest BCUT2D eigenvalue weighted by Crippen LogP contribution is -2.51. The number of hydrogen-bond donors (Lipinski definition) is 0. The molecule has 0 aromatic heterocycles. The molecule has 2 aromatic carbocycles. The van der Waals surface area contributed by atoms with Gasteiger partial charge in [0, 0.05) is 49.8 Å². The highest BCUT2D eigenvalue weighted by Gasteiger charge is 2.50. The Labute approximate surface area is 201 Å². The van der Waals surface area contributed by atoms with Crippen LogP contribution in [0, 0.1) is 28.5 Å². The molecule has 0 saturated carbocycles. The van der Waals surface area contributed by atoms with Gasteiger partial charge in [-0.1, -0.05) is 12.1 Å². The number of rotatable bonds is 6. The lowest BCUT2D eigenvalue weighted by molar-refractivity contribution is -0.138. The molecule has 2 aliphatic rings. The fraction of sp³-hybridized carbons (Fsp3) is 0.462. The number of piperidine rings is 1. The van der Waals surface area contributed by atoms with Gasteiger partial charge in [0.05, 0.1) is 30.2 Å². The van der Waals surface area contributed by atoms with Crippen molar-refractivity contribution in [2.75, 3.05) is 44.3 Å². The van der Waals surface area contributed by atoms with E-state index in [0.29, 0.717) is 57.1 Å². The molecule has 0 bridgehead atoms. The molecule has 186 valence electrons. The van der Waals surface area contributed by atoms with Gasteiger partial charge in [0.25, 0.3) is 0 Å². The van der Waals surface area contributed by atoms with E-state index >= 15 is 0 Å². The molecule has 0 spiro atoms. The lowest BCUT2D eigenvalue weighted by Gasteiger charge is -2.43. The average Bonchev–Trinajstić information content (AvgIpc) is 3.20. The van der Waals surface area contributed by atoms with E-state index in [1.807, 2.05) is 11.8 Å². The van der Waals surface area contributed by atoms with Crippen LogP contribution in [0.3, 0.4) is 0 Å². The SMILES string of the molecule is CCOC[C@@]12CCN(C(=O)Cc3cccc(F)c3)C[C@@H]1CN(c1ccc(C#N)c(C(F)(F)F)c1)C2. The number of halogens is 4. The molecule has 2 aliphatic heterocycles. The fourth-order valence-corrected chi connectivity index (χ4v) is 5.24. The van der Waals surface area contributed by atoms with Gasteiger partial charge in [-0.25, -0.2) is 4.39 Å². The second kappa shape index (κ2) is 9.86. The van der Waals surface area contributed by atoms with Crippen LogP contribution < -0.4 is 4.90 Å². The van der Waals surface area contributed by atoms with Crippen molar-refractivity contribution in [3.05, 3.63) is 65.0 Å². The summed E-state index contributed by atoms with van der Waals surface area (Å²) in [5.41, 5.74) is -0.641. The summed E-state index contributed by atoms with van der Waals surface area (Å²) in [6.07, 6.45) is -3.88. The summed E-state index contributed by atoms with van der Waals surface area (Å²) < 4.78 is 59.9. The van der Waals surface area contributed by atoms with Gasteiger partial charge >= 0.3 is 6.18 Å². The van der Waals surface area contributed by atoms with Crippen LogP contribution in [-0.4, -0.2) is 50.2 Å². The second-order valence-electron chi connectivity index (χ2n) is 9.31. The number of likely N-dealkylation sites (tertiary alicyclic amines) is 1. The Morgan fingerprint density at radius 1 is 1.23 bits per heavy atom. The smallest absolute Gasteiger partial charge is 0.381 e. The van der Waals surface area contributed by atoms with E-state index in [9.17, 15) is 22.4 Å². The third-order valence-corrected chi connectivity index (χ3v) is 7.12. The van der Waals surface area contributed by atoms with Crippen molar-refractivity contribution < 1.29 is 27.1 Å². The van der Waals surface area contributed by atoms with Crippen LogP contribution in [0.15, 0.2) is 42.5 Å². The summed E-state index contributed by atoms with van der Waals surface area (Å²) in [4.78, 5) is 16.6. The normalized spacial score (nSPS) is 22.1. The van der Waals surface area contributed by atoms with Crippen LogP contribution in [0.4, 0.5) is 23.2 Å². The summed E-state index contributed by atoms with van der Waals surface area (Å²) in [6.45, 7) is 4.82. The van der Waals surface area contributed by atoms with Gasteiger partial charge in [0.15, 0.2) is 0 Å². The maximum atomic E-state index is 13.5. The predicted molar refractivity (Wildman–Crippen MR) is 122 cm³/mol. The summed E-state index contributed by atoms with van der Waals surface area (Å²) in [7, 11) is 0. The summed E-state index contributed by atoms with van der Waals surface area (Å²) in [5, 5.41) is 9.11. The number of carbonyl (C=O) groups is 1. The molecular formula is C26H27F4N3O2. The Bertz CT molecular complexity index is 1130. The number of alkyl halides is 3. The summed E-state index contributed by atoms with van der Waals surface area (Å²) in [5.74, 6) is -0.488. The zero-order valence-corrected chi connectivity index (χ0v) is 19.4. The van der Waals surface area contributed by atoms with Crippen molar-refractivity contribution in [1.82, 2.24) is 4.90 Å². The number of ether oxygens (including phenoxy) is 1. The number of benzene rings is 2. The molecule has 1 amide bonds. The molecule has 35 heavy (non-hydrogen) atoms. The van der Waals surface area contributed by atoms with Crippen LogP contribution in [0.25, 0.3) is 0 Å². The van der Waals surface area contributed by atoms with Crippen molar-refractivity contribution in [2.24, 2.45) is 11.3 Å². The Balaban J connectivity index is 1.55. The molecule has 4 rings (SSSR count). The fourth-order valence-electron chi connectivity index (χ4n) is 5.24. The first-order chi connectivity index (χ1) is 16.6. The molecule has 2 atom stereocenters. The highest BCUT2D eigenvalue weighted by Crippen LogP contribution is 2.45. The highest BCUT2D eigenvalue weighted by molar-refractivity contribution is 5.79. The maximum absolute atomic E-state index is 13.5. The molecule has 5 nitrogen and oxygen atoms in total. The Kier molecular flexibility index (Phi) is 7.04. The number of nitrogens with zero attached hydrogens (tertiary/aromatic N) is 3. The van der Waals surface area contributed by atoms with Crippen LogP contribution >= 0.6 is 0 Å². The number of hydrogen-bond acceptors (Lipinski definition) is 4. The first-order valence-corrected chi connectivity index (χ1v) is 11.6. The van der Waals surface area contributed by atoms with Crippen LogP contribution in [-0.2, 0) is 22.1 Å². The topological polar surface area (TPSA) is 56.6 Å². The van der Waals surface area contributed by atoms with E-state index in [0.717, 1.165) is 6.07 Å². The zero-order valence-electron chi connectivity index (χ0n) is 19.4. The van der Waals surface area contributed by atoms with Gasteiger partial charge in [-0.2, -0.15) is 18.4 Å². The highest BCUT2D eigenvalue weighted by atomic mass is 19.4. The molecule has 2 fully saturated rings. The van der Waals surface area contributed by atoms with Gasteiger partial charge in [-0.3, -0.25) is 4.79 Å². The number of fused-ring (bicyclic) bond motifs is 1. The average molecular weight is 490 g/mol. The van der Waals surface area contributed by atoms with E-state index in [1.165, 1.54) is 18.2 Å². The minimum atomic E-state index is -4.63. The van der Waals surface area contributed by atoms with Crippen molar-refractivity contribution in [3.8, 4) is 6.07 Å². The van der Waals surface area contributed by atoms with Gasteiger partial charge in [0.2, 0.25) is 5.91 Å². The molecular weight excluding hydrogens is 462 g/mol. The van der Waals surface area contributed by atoms with Gasteiger partial charge < -0.3 is 14.5 Å². The van der Waals surface area contributed by atoms with Gasteiger partial charge in [0.1, 0.15) is 5.82 Å². The van der Waals surface area contributed by atoms with Crippen LogP contribution in [0.5, 0.6) is 0 Å². The Hall–Kier alpha value is -3.12. The van der Waals surface area contributed by atoms with Gasteiger partial charge in [-0.15, -0.1) is 0 Å². The zero-order chi connectivity index (χ0) is 25.2. The molecule has 2 saturated heterocycles.